The zero-order chi connectivity index (χ0) is 18.7. The lowest BCUT2D eigenvalue weighted by atomic mass is 9.73. The number of nitrogens with zero attached hydrogens (tertiary/aromatic N) is 1. The van der Waals surface area contributed by atoms with E-state index in [1.54, 1.807) is 0 Å². The van der Waals surface area contributed by atoms with Crippen molar-refractivity contribution in [3.63, 3.8) is 0 Å². The highest BCUT2D eigenvalue weighted by molar-refractivity contribution is 9.10. The third kappa shape index (κ3) is 2.46. The van der Waals surface area contributed by atoms with Gasteiger partial charge >= 0.3 is 0 Å². The molecule has 3 aliphatic rings. The molecule has 2 amide bonds. The average molecular weight is 424 g/mol. The SMILES string of the molecule is CCc1cc(Br)ccc1N1C(=O)C2C3CC(c4ccccc4)C(C3)C2C1=O. The number of rotatable bonds is 3. The van der Waals surface area contributed by atoms with E-state index < -0.39 is 0 Å². The largest absolute Gasteiger partial charge is 0.274 e. The minimum atomic E-state index is -0.144. The number of fused-ring (bicyclic) bond motifs is 5. The molecule has 2 bridgehead atoms. The predicted octanol–water partition coefficient (Wildman–Crippen LogP) is 4.94. The Bertz CT molecular complexity index is 925. The van der Waals surface area contributed by atoms with Crippen molar-refractivity contribution in [2.24, 2.45) is 23.7 Å². The molecule has 3 fully saturated rings. The Morgan fingerprint density at radius 1 is 1.00 bits per heavy atom. The van der Waals surface area contributed by atoms with Crippen molar-refractivity contribution in [2.45, 2.75) is 32.1 Å². The quantitative estimate of drug-likeness (QED) is 0.655. The first kappa shape index (κ1) is 17.2. The molecule has 4 heteroatoms. The van der Waals surface area contributed by atoms with E-state index in [2.05, 4.69) is 47.1 Å². The average Bonchev–Trinajstić information content (AvgIpc) is 3.34. The number of anilines is 1. The zero-order valence-corrected chi connectivity index (χ0v) is 16.9. The standard InChI is InChI=1S/C23H22BrNO2/c1-2-13-10-16(24)8-9-19(13)25-22(26)20-15-11-17(14-6-4-3-5-7-14)18(12-15)21(20)23(25)27/h3-10,15,17-18,20-21H,2,11-12H2,1H3. The summed E-state index contributed by atoms with van der Waals surface area (Å²) in [5.74, 6) is 0.836. The highest BCUT2D eigenvalue weighted by Gasteiger charge is 2.64. The molecule has 5 atom stereocenters. The van der Waals surface area contributed by atoms with Gasteiger partial charge in [-0.2, -0.15) is 0 Å². The maximum absolute atomic E-state index is 13.4. The lowest BCUT2D eigenvalue weighted by molar-refractivity contribution is -0.123. The summed E-state index contributed by atoms with van der Waals surface area (Å²) in [6.45, 7) is 2.06. The number of imide groups is 1. The fourth-order valence-electron chi connectivity index (χ4n) is 5.84. The monoisotopic (exact) mass is 423 g/mol. The molecule has 0 aromatic heterocycles. The number of hydrogen-bond donors (Lipinski definition) is 0. The van der Waals surface area contributed by atoms with Crippen molar-refractivity contribution in [3.05, 3.63) is 64.1 Å². The fourth-order valence-corrected chi connectivity index (χ4v) is 6.24. The molecule has 138 valence electrons. The summed E-state index contributed by atoms with van der Waals surface area (Å²) in [5, 5.41) is 0. The van der Waals surface area contributed by atoms with E-state index in [-0.39, 0.29) is 23.7 Å². The second-order valence-corrected chi connectivity index (χ2v) is 9.02. The van der Waals surface area contributed by atoms with Crippen LogP contribution in [0.4, 0.5) is 5.69 Å². The van der Waals surface area contributed by atoms with Crippen LogP contribution >= 0.6 is 15.9 Å². The molecule has 0 radical (unpaired) electrons. The van der Waals surface area contributed by atoms with Crippen LogP contribution in [0.5, 0.6) is 0 Å². The summed E-state index contributed by atoms with van der Waals surface area (Å²) in [4.78, 5) is 28.2. The Morgan fingerprint density at radius 3 is 2.48 bits per heavy atom. The first-order chi connectivity index (χ1) is 13.1. The third-order valence-electron chi connectivity index (χ3n) is 6.91. The van der Waals surface area contributed by atoms with Crippen LogP contribution in [0.1, 0.15) is 36.8 Å². The van der Waals surface area contributed by atoms with Gasteiger partial charge in [0.2, 0.25) is 11.8 Å². The van der Waals surface area contributed by atoms with E-state index in [0.29, 0.717) is 17.8 Å². The van der Waals surface area contributed by atoms with Gasteiger partial charge in [-0.25, -0.2) is 4.90 Å². The molecule has 5 rings (SSSR count). The number of aryl methyl sites for hydroxylation is 1. The highest BCUT2D eigenvalue weighted by Crippen LogP contribution is 2.62. The van der Waals surface area contributed by atoms with Crippen molar-refractivity contribution < 1.29 is 9.59 Å². The van der Waals surface area contributed by atoms with Crippen LogP contribution in [0.15, 0.2) is 53.0 Å². The molecule has 0 spiro atoms. The summed E-state index contributed by atoms with van der Waals surface area (Å²) < 4.78 is 0.978. The molecular weight excluding hydrogens is 402 g/mol. The van der Waals surface area contributed by atoms with E-state index >= 15 is 0 Å². The van der Waals surface area contributed by atoms with Crippen molar-refractivity contribution in [1.82, 2.24) is 0 Å². The van der Waals surface area contributed by atoms with Gasteiger partial charge in [-0.1, -0.05) is 53.2 Å². The van der Waals surface area contributed by atoms with Crippen LogP contribution < -0.4 is 4.90 Å². The smallest absolute Gasteiger partial charge is 0.238 e. The topological polar surface area (TPSA) is 37.4 Å². The van der Waals surface area contributed by atoms with Gasteiger partial charge in [0, 0.05) is 4.47 Å². The highest BCUT2D eigenvalue weighted by atomic mass is 79.9. The van der Waals surface area contributed by atoms with Crippen molar-refractivity contribution in [3.8, 4) is 0 Å². The molecule has 27 heavy (non-hydrogen) atoms. The van der Waals surface area contributed by atoms with Crippen LogP contribution in [0, 0.1) is 23.7 Å². The Kier molecular flexibility index (Phi) is 4.01. The summed E-state index contributed by atoms with van der Waals surface area (Å²) in [6.07, 6.45) is 2.84. The van der Waals surface area contributed by atoms with Crippen LogP contribution in [-0.2, 0) is 16.0 Å². The Balaban J connectivity index is 1.51. The van der Waals surface area contributed by atoms with Crippen LogP contribution in [-0.4, -0.2) is 11.8 Å². The molecule has 2 saturated carbocycles. The predicted molar refractivity (Wildman–Crippen MR) is 108 cm³/mol. The minimum absolute atomic E-state index is 0.0233. The number of benzene rings is 2. The van der Waals surface area contributed by atoms with Gasteiger partial charge in [0.25, 0.3) is 0 Å². The second kappa shape index (κ2) is 6.30. The lowest BCUT2D eigenvalue weighted by Gasteiger charge is -2.28. The van der Waals surface area contributed by atoms with E-state index in [9.17, 15) is 9.59 Å². The minimum Gasteiger partial charge on any atom is -0.274 e. The van der Waals surface area contributed by atoms with Gasteiger partial charge < -0.3 is 0 Å². The molecule has 1 heterocycles. The fraction of sp³-hybridized carbons (Fsp3) is 0.391. The number of hydrogen-bond acceptors (Lipinski definition) is 2. The van der Waals surface area contributed by atoms with Gasteiger partial charge in [0.15, 0.2) is 0 Å². The molecule has 5 unspecified atom stereocenters. The molecule has 3 nitrogen and oxygen atoms in total. The molecule has 0 N–H and O–H groups in total. The molecule has 2 aromatic rings. The van der Waals surface area contributed by atoms with Gasteiger partial charge in [0.1, 0.15) is 0 Å². The molecule has 1 saturated heterocycles. The van der Waals surface area contributed by atoms with Crippen molar-refractivity contribution in [2.75, 3.05) is 4.90 Å². The molecular formula is C23H22BrNO2. The summed E-state index contributed by atoms with van der Waals surface area (Å²) in [6, 6.07) is 16.4. The van der Waals surface area contributed by atoms with E-state index in [0.717, 1.165) is 35.0 Å². The Morgan fingerprint density at radius 2 is 1.74 bits per heavy atom. The Labute approximate surface area is 167 Å². The lowest BCUT2D eigenvalue weighted by Crippen LogP contribution is -2.33. The Hall–Kier alpha value is -1.94. The van der Waals surface area contributed by atoms with E-state index in [4.69, 9.17) is 0 Å². The van der Waals surface area contributed by atoms with Gasteiger partial charge in [-0.3, -0.25) is 9.59 Å². The van der Waals surface area contributed by atoms with Gasteiger partial charge in [-0.15, -0.1) is 0 Å². The normalized spacial score (nSPS) is 31.6. The summed E-state index contributed by atoms with van der Waals surface area (Å²) in [7, 11) is 0. The first-order valence-corrected chi connectivity index (χ1v) is 10.6. The number of carbonyl (C=O) groups is 2. The van der Waals surface area contributed by atoms with Crippen LogP contribution in [0.3, 0.4) is 0 Å². The number of carbonyl (C=O) groups excluding carboxylic acids is 2. The number of halogens is 1. The molecule has 2 aromatic carbocycles. The van der Waals surface area contributed by atoms with E-state index in [1.165, 1.54) is 10.5 Å². The van der Waals surface area contributed by atoms with E-state index in [1.807, 2.05) is 24.3 Å². The van der Waals surface area contributed by atoms with Gasteiger partial charge in [0.05, 0.1) is 17.5 Å². The maximum Gasteiger partial charge on any atom is 0.238 e. The van der Waals surface area contributed by atoms with Crippen LogP contribution in [0.25, 0.3) is 0 Å². The summed E-state index contributed by atoms with van der Waals surface area (Å²) in [5.41, 5.74) is 3.14. The zero-order valence-electron chi connectivity index (χ0n) is 15.3. The third-order valence-corrected chi connectivity index (χ3v) is 7.40. The van der Waals surface area contributed by atoms with Gasteiger partial charge in [-0.05, 0) is 66.3 Å². The maximum atomic E-state index is 13.4. The number of amides is 2. The molecule has 2 aliphatic carbocycles. The second-order valence-electron chi connectivity index (χ2n) is 8.10. The summed E-state index contributed by atoms with van der Waals surface area (Å²) >= 11 is 3.50. The molecule has 1 aliphatic heterocycles. The van der Waals surface area contributed by atoms with Crippen molar-refractivity contribution in [1.29, 1.82) is 0 Å². The van der Waals surface area contributed by atoms with Crippen LogP contribution in [0.2, 0.25) is 0 Å². The van der Waals surface area contributed by atoms with Crippen molar-refractivity contribution >= 4 is 33.4 Å². The first-order valence-electron chi connectivity index (χ1n) is 9.81.